The Morgan fingerprint density at radius 1 is 1.11 bits per heavy atom. The molecule has 1 N–H and O–H groups in total. The molecule has 4 nitrogen and oxygen atoms in total. The molecule has 3 rings (SSSR count). The fraction of sp³-hybridized carbons (Fsp3) is 0.391. The number of hydrogen-bond acceptors (Lipinski definition) is 4. The van der Waals surface area contributed by atoms with Crippen LogP contribution >= 0.6 is 0 Å². The van der Waals surface area contributed by atoms with Gasteiger partial charge in [-0.25, -0.2) is 0 Å². The molecule has 1 saturated heterocycles. The fourth-order valence-electron chi connectivity index (χ4n) is 3.16. The van der Waals surface area contributed by atoms with Crippen LogP contribution in [0.2, 0.25) is 0 Å². The second-order valence-corrected chi connectivity index (χ2v) is 8.23. The standard InChI is InChI=1S/C23H29BN2O2/c1-6-7-8-11-20(25)17-14-18(21-12-9-10-13-26-21)16-19(15-17)24-27-22(2,3)23(4,5)28-24/h6-7,9-10,12-16,25H,8,11H2,1-5H3/b7-6-,25-20?. The van der Waals surface area contributed by atoms with E-state index in [1.165, 1.54) is 0 Å². The first kappa shape index (κ1) is 20.5. The minimum atomic E-state index is -0.462. The highest BCUT2D eigenvalue weighted by atomic mass is 16.7. The topological polar surface area (TPSA) is 55.2 Å². The third-order valence-electron chi connectivity index (χ3n) is 5.59. The Bertz CT molecular complexity index is 859. The monoisotopic (exact) mass is 376 g/mol. The quantitative estimate of drug-likeness (QED) is 0.449. The highest BCUT2D eigenvalue weighted by molar-refractivity contribution is 6.62. The summed E-state index contributed by atoms with van der Waals surface area (Å²) in [6.45, 7) is 10.2. The van der Waals surface area contributed by atoms with Gasteiger partial charge in [-0.2, -0.15) is 0 Å². The molecule has 0 saturated carbocycles. The molecule has 0 atom stereocenters. The Balaban J connectivity index is 2.00. The largest absolute Gasteiger partial charge is 0.494 e. The predicted molar refractivity (Wildman–Crippen MR) is 116 cm³/mol. The Kier molecular flexibility index (Phi) is 5.87. The molecule has 28 heavy (non-hydrogen) atoms. The Morgan fingerprint density at radius 2 is 1.82 bits per heavy atom. The molecule has 0 radical (unpaired) electrons. The second kappa shape index (κ2) is 8.02. The van der Waals surface area contributed by atoms with E-state index in [-0.39, 0.29) is 0 Å². The van der Waals surface area contributed by atoms with Crippen LogP contribution in [0.25, 0.3) is 11.3 Å². The lowest BCUT2D eigenvalue weighted by molar-refractivity contribution is 0.00578. The molecule has 1 aromatic heterocycles. The van der Waals surface area contributed by atoms with Gasteiger partial charge in [0, 0.05) is 17.5 Å². The van der Waals surface area contributed by atoms with Crippen molar-refractivity contribution < 1.29 is 9.31 Å². The number of nitrogens with one attached hydrogen (secondary N) is 1. The van der Waals surface area contributed by atoms with Crippen LogP contribution < -0.4 is 5.46 Å². The smallest absolute Gasteiger partial charge is 0.399 e. The van der Waals surface area contributed by atoms with Crippen molar-refractivity contribution in [1.29, 1.82) is 5.41 Å². The van der Waals surface area contributed by atoms with Crippen LogP contribution in [0.3, 0.4) is 0 Å². The molecule has 0 aliphatic carbocycles. The maximum absolute atomic E-state index is 8.55. The molecule has 1 aliphatic rings. The van der Waals surface area contributed by atoms with Crippen LogP contribution in [0.1, 0.15) is 53.0 Å². The van der Waals surface area contributed by atoms with Gasteiger partial charge in [-0.15, -0.1) is 0 Å². The van der Waals surface area contributed by atoms with E-state index in [0.717, 1.165) is 28.7 Å². The third-order valence-corrected chi connectivity index (χ3v) is 5.59. The van der Waals surface area contributed by atoms with Crippen molar-refractivity contribution in [2.45, 2.75) is 58.7 Å². The van der Waals surface area contributed by atoms with Gasteiger partial charge >= 0.3 is 7.12 Å². The lowest BCUT2D eigenvalue weighted by Gasteiger charge is -2.32. The highest BCUT2D eigenvalue weighted by Crippen LogP contribution is 2.36. The van der Waals surface area contributed by atoms with Gasteiger partial charge in [-0.1, -0.05) is 30.4 Å². The summed E-state index contributed by atoms with van der Waals surface area (Å²) in [6, 6.07) is 12.0. The van der Waals surface area contributed by atoms with E-state index in [0.29, 0.717) is 12.1 Å². The Hall–Kier alpha value is -2.24. The van der Waals surface area contributed by atoms with Crippen LogP contribution in [0, 0.1) is 5.41 Å². The molecular weight excluding hydrogens is 347 g/mol. The van der Waals surface area contributed by atoms with E-state index in [1.54, 1.807) is 6.20 Å². The third kappa shape index (κ3) is 4.26. The minimum Gasteiger partial charge on any atom is -0.399 e. The van der Waals surface area contributed by atoms with Crippen LogP contribution in [0.5, 0.6) is 0 Å². The number of allylic oxidation sites excluding steroid dienone is 2. The van der Waals surface area contributed by atoms with Gasteiger partial charge in [0.25, 0.3) is 0 Å². The first-order chi connectivity index (χ1) is 13.2. The molecular formula is C23H29BN2O2. The average molecular weight is 376 g/mol. The second-order valence-electron chi connectivity index (χ2n) is 8.23. The number of rotatable bonds is 6. The maximum atomic E-state index is 8.55. The molecule has 1 aromatic carbocycles. The van der Waals surface area contributed by atoms with Gasteiger partial charge in [-0.05, 0) is 76.7 Å². The van der Waals surface area contributed by atoms with Gasteiger partial charge in [0.15, 0.2) is 0 Å². The zero-order valence-corrected chi connectivity index (χ0v) is 17.5. The van der Waals surface area contributed by atoms with Crippen molar-refractivity contribution in [1.82, 2.24) is 4.98 Å². The first-order valence-electron chi connectivity index (χ1n) is 9.84. The number of nitrogens with zero attached hydrogens (tertiary/aromatic N) is 1. The van der Waals surface area contributed by atoms with E-state index >= 15 is 0 Å². The molecule has 0 spiro atoms. The number of aromatic nitrogens is 1. The summed E-state index contributed by atoms with van der Waals surface area (Å²) in [5, 5.41) is 8.55. The lowest BCUT2D eigenvalue weighted by atomic mass is 9.76. The Labute approximate surface area is 168 Å². The highest BCUT2D eigenvalue weighted by Gasteiger charge is 2.51. The van der Waals surface area contributed by atoms with Crippen molar-refractivity contribution in [3.05, 3.63) is 60.3 Å². The van der Waals surface area contributed by atoms with E-state index < -0.39 is 18.3 Å². The van der Waals surface area contributed by atoms with Crippen LogP contribution in [0.4, 0.5) is 0 Å². The summed E-state index contributed by atoms with van der Waals surface area (Å²) in [6.07, 6.45) is 7.45. The van der Waals surface area contributed by atoms with Crippen molar-refractivity contribution in [3.8, 4) is 11.3 Å². The normalized spacial score (nSPS) is 18.0. The molecule has 1 fully saturated rings. The molecule has 2 heterocycles. The summed E-state index contributed by atoms with van der Waals surface area (Å²) in [5.41, 5.74) is 3.46. The summed E-state index contributed by atoms with van der Waals surface area (Å²) in [5.74, 6) is 0. The van der Waals surface area contributed by atoms with E-state index in [4.69, 9.17) is 14.7 Å². The van der Waals surface area contributed by atoms with Crippen molar-refractivity contribution >= 4 is 18.3 Å². The minimum absolute atomic E-state index is 0.405. The zero-order valence-electron chi connectivity index (χ0n) is 17.5. The summed E-state index contributed by atoms with van der Waals surface area (Å²) in [4.78, 5) is 4.49. The van der Waals surface area contributed by atoms with Crippen LogP contribution in [0.15, 0.2) is 54.7 Å². The fourth-order valence-corrected chi connectivity index (χ4v) is 3.16. The van der Waals surface area contributed by atoms with Crippen LogP contribution in [-0.4, -0.2) is 29.0 Å². The molecule has 146 valence electrons. The molecule has 0 bridgehead atoms. The molecule has 5 heteroatoms. The molecule has 2 aromatic rings. The molecule has 0 unspecified atom stereocenters. The summed E-state index contributed by atoms with van der Waals surface area (Å²) < 4.78 is 12.5. The van der Waals surface area contributed by atoms with Gasteiger partial charge < -0.3 is 14.7 Å². The van der Waals surface area contributed by atoms with Gasteiger partial charge in [-0.3, -0.25) is 4.98 Å². The van der Waals surface area contributed by atoms with Gasteiger partial charge in [0.1, 0.15) is 0 Å². The van der Waals surface area contributed by atoms with Crippen molar-refractivity contribution in [3.63, 3.8) is 0 Å². The molecule has 0 amide bonds. The summed E-state index contributed by atoms with van der Waals surface area (Å²) in [7, 11) is -0.462. The summed E-state index contributed by atoms with van der Waals surface area (Å²) >= 11 is 0. The zero-order chi connectivity index (χ0) is 20.4. The van der Waals surface area contributed by atoms with Gasteiger partial charge in [0.05, 0.1) is 16.9 Å². The molecule has 1 aliphatic heterocycles. The van der Waals surface area contributed by atoms with Crippen molar-refractivity contribution in [2.24, 2.45) is 0 Å². The SMILES string of the molecule is C/C=C\CCC(=N)c1cc(B2OC(C)(C)C(C)(C)O2)cc(-c2ccccn2)c1. The average Bonchev–Trinajstić information content (AvgIpc) is 2.89. The number of hydrogen-bond donors (Lipinski definition) is 1. The maximum Gasteiger partial charge on any atom is 0.494 e. The van der Waals surface area contributed by atoms with E-state index in [9.17, 15) is 0 Å². The van der Waals surface area contributed by atoms with E-state index in [1.807, 2.05) is 43.3 Å². The number of pyridine rings is 1. The lowest BCUT2D eigenvalue weighted by Crippen LogP contribution is -2.41. The van der Waals surface area contributed by atoms with Crippen molar-refractivity contribution in [2.75, 3.05) is 0 Å². The van der Waals surface area contributed by atoms with Crippen LogP contribution in [-0.2, 0) is 9.31 Å². The van der Waals surface area contributed by atoms with Gasteiger partial charge in [0.2, 0.25) is 0 Å². The predicted octanol–water partition coefficient (Wildman–Crippen LogP) is 4.77. The van der Waals surface area contributed by atoms with E-state index in [2.05, 4.69) is 44.8 Å². The number of benzene rings is 1. The first-order valence-corrected chi connectivity index (χ1v) is 9.84. The Morgan fingerprint density at radius 3 is 2.43 bits per heavy atom.